The van der Waals surface area contributed by atoms with Crippen LogP contribution in [-0.2, 0) is 0 Å². The predicted molar refractivity (Wildman–Crippen MR) is 96.6 cm³/mol. The molecular formula is C19H28N4O2. The SMILES string of the molecule is CN1CCN(C(=O)c2cc(C(=O)NC3CCCCCC3)ccn2)CC1. The van der Waals surface area contributed by atoms with Crippen LogP contribution in [0.4, 0.5) is 0 Å². The molecule has 1 aromatic rings. The molecule has 2 heterocycles. The van der Waals surface area contributed by atoms with E-state index >= 15 is 0 Å². The molecule has 25 heavy (non-hydrogen) atoms. The first-order valence-corrected chi connectivity index (χ1v) is 9.38. The number of rotatable bonds is 3. The Bertz CT molecular complexity index is 603. The van der Waals surface area contributed by atoms with Gasteiger partial charge in [0.15, 0.2) is 0 Å². The van der Waals surface area contributed by atoms with Gasteiger partial charge in [-0.2, -0.15) is 0 Å². The quantitative estimate of drug-likeness (QED) is 0.851. The van der Waals surface area contributed by atoms with E-state index in [1.807, 2.05) is 4.90 Å². The van der Waals surface area contributed by atoms with Crippen molar-refractivity contribution in [3.05, 3.63) is 29.6 Å². The number of likely N-dealkylation sites (N-methyl/N-ethyl adjacent to an activating group) is 1. The Hall–Kier alpha value is -1.95. The minimum atomic E-state index is -0.0956. The van der Waals surface area contributed by atoms with Crippen molar-refractivity contribution in [3.8, 4) is 0 Å². The van der Waals surface area contributed by atoms with Crippen LogP contribution in [-0.4, -0.2) is 65.9 Å². The zero-order valence-corrected chi connectivity index (χ0v) is 15.0. The van der Waals surface area contributed by atoms with Crippen LogP contribution in [0.1, 0.15) is 59.4 Å². The maximum atomic E-state index is 12.6. The molecule has 1 saturated heterocycles. The van der Waals surface area contributed by atoms with E-state index in [4.69, 9.17) is 0 Å². The molecule has 3 rings (SSSR count). The smallest absolute Gasteiger partial charge is 0.272 e. The third kappa shape index (κ3) is 4.78. The summed E-state index contributed by atoms with van der Waals surface area (Å²) in [4.78, 5) is 33.4. The summed E-state index contributed by atoms with van der Waals surface area (Å²) >= 11 is 0. The largest absolute Gasteiger partial charge is 0.349 e. The first-order chi connectivity index (χ1) is 12.1. The van der Waals surface area contributed by atoms with E-state index in [0.717, 1.165) is 25.9 Å². The number of aromatic nitrogens is 1. The molecule has 1 aliphatic heterocycles. The molecule has 2 aliphatic rings. The lowest BCUT2D eigenvalue weighted by atomic mass is 10.1. The number of carbonyl (C=O) groups excluding carboxylic acids is 2. The molecule has 6 nitrogen and oxygen atoms in total. The summed E-state index contributed by atoms with van der Waals surface area (Å²) in [6, 6.07) is 3.57. The van der Waals surface area contributed by atoms with Crippen LogP contribution in [0.15, 0.2) is 18.3 Å². The number of piperazine rings is 1. The Labute approximate surface area is 149 Å². The van der Waals surface area contributed by atoms with Gasteiger partial charge in [0.2, 0.25) is 0 Å². The summed E-state index contributed by atoms with van der Waals surface area (Å²) in [6.07, 6.45) is 8.51. The number of hydrogen-bond donors (Lipinski definition) is 1. The van der Waals surface area contributed by atoms with Crippen molar-refractivity contribution in [2.24, 2.45) is 0 Å². The first kappa shape index (κ1) is 17.9. The molecule has 2 fully saturated rings. The van der Waals surface area contributed by atoms with Crippen LogP contribution >= 0.6 is 0 Å². The van der Waals surface area contributed by atoms with Crippen LogP contribution in [0.3, 0.4) is 0 Å². The number of nitrogens with one attached hydrogen (secondary N) is 1. The molecule has 0 spiro atoms. The van der Waals surface area contributed by atoms with E-state index in [2.05, 4.69) is 22.2 Å². The summed E-state index contributed by atoms with van der Waals surface area (Å²) in [5, 5.41) is 3.13. The Kier molecular flexibility index (Phi) is 6.02. The maximum Gasteiger partial charge on any atom is 0.272 e. The van der Waals surface area contributed by atoms with Gasteiger partial charge in [0.05, 0.1) is 0 Å². The predicted octanol–water partition coefficient (Wildman–Crippen LogP) is 1.92. The summed E-state index contributed by atoms with van der Waals surface area (Å²) in [6.45, 7) is 3.15. The van der Waals surface area contributed by atoms with E-state index in [-0.39, 0.29) is 17.9 Å². The van der Waals surface area contributed by atoms with E-state index in [1.54, 1.807) is 18.3 Å². The normalized spacial score (nSPS) is 20.1. The van der Waals surface area contributed by atoms with Crippen LogP contribution in [0.5, 0.6) is 0 Å². The number of nitrogens with zero attached hydrogens (tertiary/aromatic N) is 3. The molecule has 136 valence electrons. The second-order valence-corrected chi connectivity index (χ2v) is 7.19. The topological polar surface area (TPSA) is 65.5 Å². The first-order valence-electron chi connectivity index (χ1n) is 9.38. The minimum Gasteiger partial charge on any atom is -0.349 e. The molecule has 1 aliphatic carbocycles. The van der Waals surface area contributed by atoms with Gasteiger partial charge in [-0.25, -0.2) is 0 Å². The highest BCUT2D eigenvalue weighted by molar-refractivity contribution is 5.98. The van der Waals surface area contributed by atoms with E-state index in [1.165, 1.54) is 25.7 Å². The van der Waals surface area contributed by atoms with Crippen LogP contribution in [0.2, 0.25) is 0 Å². The molecule has 0 atom stereocenters. The molecular weight excluding hydrogens is 316 g/mol. The van der Waals surface area contributed by atoms with Crippen molar-refractivity contribution in [2.75, 3.05) is 33.2 Å². The average molecular weight is 344 g/mol. The molecule has 1 N–H and O–H groups in total. The summed E-state index contributed by atoms with van der Waals surface area (Å²) in [7, 11) is 2.05. The molecule has 1 aromatic heterocycles. The Balaban J connectivity index is 1.64. The van der Waals surface area contributed by atoms with Crippen molar-refractivity contribution < 1.29 is 9.59 Å². The molecule has 2 amide bonds. The van der Waals surface area contributed by atoms with Gasteiger partial charge < -0.3 is 15.1 Å². The summed E-state index contributed by atoms with van der Waals surface area (Å²) in [5.41, 5.74) is 0.884. The van der Waals surface area contributed by atoms with Gasteiger partial charge in [-0.3, -0.25) is 14.6 Å². The minimum absolute atomic E-state index is 0.0859. The van der Waals surface area contributed by atoms with Gasteiger partial charge in [-0.1, -0.05) is 25.7 Å². The fourth-order valence-electron chi connectivity index (χ4n) is 3.55. The van der Waals surface area contributed by atoms with Crippen LogP contribution in [0, 0.1) is 0 Å². The lowest BCUT2D eigenvalue weighted by Gasteiger charge is -2.32. The Morgan fingerprint density at radius 3 is 2.44 bits per heavy atom. The monoisotopic (exact) mass is 344 g/mol. The Morgan fingerprint density at radius 1 is 1.08 bits per heavy atom. The number of hydrogen-bond acceptors (Lipinski definition) is 4. The number of pyridine rings is 1. The van der Waals surface area contributed by atoms with Crippen molar-refractivity contribution >= 4 is 11.8 Å². The molecule has 0 radical (unpaired) electrons. The molecule has 0 aromatic carbocycles. The van der Waals surface area contributed by atoms with Crippen molar-refractivity contribution in [2.45, 2.75) is 44.6 Å². The van der Waals surface area contributed by atoms with Crippen molar-refractivity contribution in [3.63, 3.8) is 0 Å². The summed E-state index contributed by atoms with van der Waals surface area (Å²) < 4.78 is 0. The van der Waals surface area contributed by atoms with Crippen LogP contribution < -0.4 is 5.32 Å². The fraction of sp³-hybridized carbons (Fsp3) is 0.632. The third-order valence-corrected chi connectivity index (χ3v) is 5.22. The van der Waals surface area contributed by atoms with Crippen LogP contribution in [0.25, 0.3) is 0 Å². The summed E-state index contributed by atoms with van der Waals surface area (Å²) in [5.74, 6) is -0.182. The molecule has 0 unspecified atom stereocenters. The van der Waals surface area contributed by atoms with Crippen molar-refractivity contribution in [1.82, 2.24) is 20.1 Å². The molecule has 0 bridgehead atoms. The van der Waals surface area contributed by atoms with Gasteiger partial charge >= 0.3 is 0 Å². The Morgan fingerprint density at radius 2 is 1.76 bits per heavy atom. The fourth-order valence-corrected chi connectivity index (χ4v) is 3.55. The van der Waals surface area contributed by atoms with Gasteiger partial charge in [-0.05, 0) is 32.0 Å². The standard InChI is InChI=1S/C19H28N4O2/c1-22-10-12-23(13-11-22)19(25)17-14-15(8-9-20-17)18(24)21-16-6-4-2-3-5-7-16/h8-9,14,16H,2-7,10-13H2,1H3,(H,21,24). The van der Waals surface area contributed by atoms with Crippen molar-refractivity contribution in [1.29, 1.82) is 0 Å². The lowest BCUT2D eigenvalue weighted by Crippen LogP contribution is -2.47. The maximum absolute atomic E-state index is 12.6. The van der Waals surface area contributed by atoms with Gasteiger partial charge in [0, 0.05) is 44.0 Å². The second-order valence-electron chi connectivity index (χ2n) is 7.19. The highest BCUT2D eigenvalue weighted by atomic mass is 16.2. The van der Waals surface area contributed by atoms with Gasteiger partial charge in [0.25, 0.3) is 11.8 Å². The van der Waals surface area contributed by atoms with Gasteiger partial charge in [0.1, 0.15) is 5.69 Å². The second kappa shape index (κ2) is 8.43. The highest BCUT2D eigenvalue weighted by Crippen LogP contribution is 2.18. The number of carbonyl (C=O) groups is 2. The van der Waals surface area contributed by atoms with E-state index in [9.17, 15) is 9.59 Å². The van der Waals surface area contributed by atoms with E-state index < -0.39 is 0 Å². The van der Waals surface area contributed by atoms with E-state index in [0.29, 0.717) is 24.3 Å². The average Bonchev–Trinajstić information content (AvgIpc) is 2.90. The third-order valence-electron chi connectivity index (χ3n) is 5.22. The highest BCUT2D eigenvalue weighted by Gasteiger charge is 2.22. The zero-order chi connectivity index (χ0) is 17.6. The number of amides is 2. The van der Waals surface area contributed by atoms with Gasteiger partial charge in [-0.15, -0.1) is 0 Å². The molecule has 6 heteroatoms. The lowest BCUT2D eigenvalue weighted by molar-refractivity contribution is 0.0658. The zero-order valence-electron chi connectivity index (χ0n) is 15.0. The molecule has 1 saturated carbocycles.